The van der Waals surface area contributed by atoms with E-state index in [9.17, 15) is 9.59 Å². The molecule has 1 amide bonds. The third-order valence-electron chi connectivity index (χ3n) is 4.71. The summed E-state index contributed by atoms with van der Waals surface area (Å²) >= 11 is 0. The molecule has 0 atom stereocenters. The third kappa shape index (κ3) is 3.13. The smallest absolute Gasteiger partial charge is 0.337 e. The van der Waals surface area contributed by atoms with Crippen molar-refractivity contribution >= 4 is 34.5 Å². The van der Waals surface area contributed by atoms with Gasteiger partial charge < -0.3 is 15.0 Å². The lowest BCUT2D eigenvalue weighted by molar-refractivity contribution is -0.120. The number of esters is 1. The SMILES string of the molecule is CCn1nnc2c(N3CC(C(=O)Nc4ccc(C(=O)OC)cc4)C3)ncnc21. The van der Waals surface area contributed by atoms with Crippen molar-refractivity contribution in [3.8, 4) is 0 Å². The molecule has 0 aliphatic carbocycles. The van der Waals surface area contributed by atoms with Gasteiger partial charge in [0.15, 0.2) is 17.0 Å². The topological polar surface area (TPSA) is 115 Å². The molecule has 10 nitrogen and oxygen atoms in total. The molecule has 1 aliphatic rings. The first-order chi connectivity index (χ1) is 13.6. The van der Waals surface area contributed by atoms with Gasteiger partial charge in [0, 0.05) is 25.3 Å². The highest BCUT2D eigenvalue weighted by atomic mass is 16.5. The number of ether oxygens (including phenoxy) is 1. The highest BCUT2D eigenvalue weighted by molar-refractivity contribution is 5.96. The predicted molar refractivity (Wildman–Crippen MR) is 101 cm³/mol. The lowest BCUT2D eigenvalue weighted by Gasteiger charge is -2.38. The van der Waals surface area contributed by atoms with E-state index in [1.165, 1.54) is 13.4 Å². The van der Waals surface area contributed by atoms with Crippen molar-refractivity contribution < 1.29 is 14.3 Å². The van der Waals surface area contributed by atoms with Crippen molar-refractivity contribution in [2.75, 3.05) is 30.4 Å². The Labute approximate surface area is 160 Å². The molecule has 2 aromatic heterocycles. The number of fused-ring (bicyclic) bond motifs is 1. The van der Waals surface area contributed by atoms with Crippen molar-refractivity contribution in [2.45, 2.75) is 13.5 Å². The van der Waals surface area contributed by atoms with Crippen molar-refractivity contribution in [3.05, 3.63) is 36.2 Å². The van der Waals surface area contributed by atoms with Crippen LogP contribution in [-0.2, 0) is 16.1 Å². The van der Waals surface area contributed by atoms with Crippen LogP contribution in [-0.4, -0.2) is 57.0 Å². The molecule has 0 unspecified atom stereocenters. The second-order valence-electron chi connectivity index (χ2n) is 6.43. The number of nitrogens with zero attached hydrogens (tertiary/aromatic N) is 6. The molecule has 4 rings (SSSR count). The monoisotopic (exact) mass is 381 g/mol. The van der Waals surface area contributed by atoms with Gasteiger partial charge in [-0.05, 0) is 31.2 Å². The Balaban J connectivity index is 1.39. The summed E-state index contributed by atoms with van der Waals surface area (Å²) in [4.78, 5) is 34.5. The number of methoxy groups -OCH3 is 1. The van der Waals surface area contributed by atoms with Crippen molar-refractivity contribution in [1.82, 2.24) is 25.0 Å². The summed E-state index contributed by atoms with van der Waals surface area (Å²) in [5.74, 6) is 0.0379. The van der Waals surface area contributed by atoms with E-state index in [1.54, 1.807) is 28.9 Å². The van der Waals surface area contributed by atoms with Gasteiger partial charge in [-0.1, -0.05) is 5.21 Å². The summed E-state index contributed by atoms with van der Waals surface area (Å²) in [5, 5.41) is 11.1. The van der Waals surface area contributed by atoms with E-state index in [2.05, 4.69) is 30.3 Å². The van der Waals surface area contributed by atoms with Crippen LogP contribution >= 0.6 is 0 Å². The van der Waals surface area contributed by atoms with E-state index in [1.807, 2.05) is 11.8 Å². The normalized spacial score (nSPS) is 14.0. The molecule has 1 aliphatic heterocycles. The maximum Gasteiger partial charge on any atom is 0.337 e. The van der Waals surface area contributed by atoms with Crippen LogP contribution < -0.4 is 10.2 Å². The fourth-order valence-electron chi connectivity index (χ4n) is 3.09. The second kappa shape index (κ2) is 7.22. The Kier molecular flexibility index (Phi) is 4.60. The summed E-state index contributed by atoms with van der Waals surface area (Å²) in [6.45, 7) is 3.72. The Bertz CT molecular complexity index is 1030. The van der Waals surface area contributed by atoms with Crippen LogP contribution in [0.3, 0.4) is 0 Å². The van der Waals surface area contributed by atoms with Crippen molar-refractivity contribution in [3.63, 3.8) is 0 Å². The quantitative estimate of drug-likeness (QED) is 0.654. The Morgan fingerprint density at radius 1 is 1.21 bits per heavy atom. The highest BCUT2D eigenvalue weighted by Crippen LogP contribution is 2.28. The van der Waals surface area contributed by atoms with Gasteiger partial charge in [-0.3, -0.25) is 4.79 Å². The molecule has 1 aromatic carbocycles. The zero-order chi connectivity index (χ0) is 19.7. The molecule has 3 heterocycles. The number of carbonyl (C=O) groups excluding carboxylic acids is 2. The number of anilines is 2. The van der Waals surface area contributed by atoms with Crippen LogP contribution in [0.15, 0.2) is 30.6 Å². The molecule has 1 fully saturated rings. The van der Waals surface area contributed by atoms with Gasteiger partial charge in [-0.2, -0.15) is 0 Å². The molecule has 0 bridgehead atoms. The summed E-state index contributed by atoms with van der Waals surface area (Å²) in [5.41, 5.74) is 2.39. The van der Waals surface area contributed by atoms with Gasteiger partial charge in [0.1, 0.15) is 6.33 Å². The average Bonchev–Trinajstić information content (AvgIpc) is 3.11. The van der Waals surface area contributed by atoms with Crippen LogP contribution in [0, 0.1) is 5.92 Å². The molecule has 28 heavy (non-hydrogen) atoms. The lowest BCUT2D eigenvalue weighted by Crippen LogP contribution is -2.52. The van der Waals surface area contributed by atoms with Crippen LogP contribution in [0.1, 0.15) is 17.3 Å². The van der Waals surface area contributed by atoms with E-state index in [0.717, 1.165) is 0 Å². The first-order valence-corrected chi connectivity index (χ1v) is 8.89. The molecule has 144 valence electrons. The van der Waals surface area contributed by atoms with Crippen LogP contribution in [0.5, 0.6) is 0 Å². The first kappa shape index (κ1) is 17.8. The Morgan fingerprint density at radius 3 is 2.64 bits per heavy atom. The van der Waals surface area contributed by atoms with E-state index in [0.29, 0.717) is 47.9 Å². The number of benzene rings is 1. The molecule has 10 heteroatoms. The molecular formula is C18H19N7O3. The lowest BCUT2D eigenvalue weighted by atomic mass is 9.99. The fourth-order valence-corrected chi connectivity index (χ4v) is 3.09. The van der Waals surface area contributed by atoms with Gasteiger partial charge in [0.25, 0.3) is 0 Å². The highest BCUT2D eigenvalue weighted by Gasteiger charge is 2.35. The zero-order valence-electron chi connectivity index (χ0n) is 15.5. The number of aromatic nitrogens is 5. The molecule has 0 spiro atoms. The summed E-state index contributed by atoms with van der Waals surface area (Å²) in [7, 11) is 1.33. The number of rotatable bonds is 5. The molecule has 1 saturated heterocycles. The Hall–Kier alpha value is -3.56. The molecule has 3 aromatic rings. The van der Waals surface area contributed by atoms with Gasteiger partial charge >= 0.3 is 5.97 Å². The second-order valence-corrected chi connectivity index (χ2v) is 6.43. The van der Waals surface area contributed by atoms with Gasteiger partial charge in [0.05, 0.1) is 18.6 Å². The zero-order valence-corrected chi connectivity index (χ0v) is 15.5. The minimum absolute atomic E-state index is 0.0791. The van der Waals surface area contributed by atoms with E-state index in [4.69, 9.17) is 0 Å². The van der Waals surface area contributed by atoms with Gasteiger partial charge in [0.2, 0.25) is 5.91 Å². The maximum atomic E-state index is 12.5. The van der Waals surface area contributed by atoms with Crippen LogP contribution in [0.2, 0.25) is 0 Å². The molecule has 0 saturated carbocycles. The van der Waals surface area contributed by atoms with Gasteiger partial charge in [-0.15, -0.1) is 5.10 Å². The predicted octanol–water partition coefficient (Wildman–Crippen LogP) is 1.10. The molecule has 1 N–H and O–H groups in total. The fraction of sp³-hybridized carbons (Fsp3) is 0.333. The standard InChI is InChI=1S/C18H19N7O3/c1-3-25-16-14(22-23-25)15(19-10-20-16)24-8-12(9-24)17(26)21-13-6-4-11(5-7-13)18(27)28-2/h4-7,10,12H,3,8-9H2,1-2H3,(H,21,26). The van der Waals surface area contributed by atoms with Crippen molar-refractivity contribution in [2.24, 2.45) is 5.92 Å². The minimum atomic E-state index is -0.413. The maximum absolute atomic E-state index is 12.5. The first-order valence-electron chi connectivity index (χ1n) is 8.89. The number of aryl methyl sites for hydroxylation is 1. The Morgan fingerprint density at radius 2 is 1.96 bits per heavy atom. The average molecular weight is 381 g/mol. The van der Waals surface area contributed by atoms with E-state index >= 15 is 0 Å². The molecular weight excluding hydrogens is 362 g/mol. The summed E-state index contributed by atoms with van der Waals surface area (Å²) in [6, 6.07) is 6.58. The molecule has 0 radical (unpaired) electrons. The van der Waals surface area contributed by atoms with E-state index in [-0.39, 0.29) is 11.8 Å². The van der Waals surface area contributed by atoms with Crippen LogP contribution in [0.4, 0.5) is 11.5 Å². The number of amides is 1. The number of hydrogen-bond acceptors (Lipinski definition) is 8. The number of carbonyl (C=O) groups is 2. The van der Waals surface area contributed by atoms with Crippen molar-refractivity contribution in [1.29, 1.82) is 0 Å². The van der Waals surface area contributed by atoms with E-state index < -0.39 is 5.97 Å². The summed E-state index contributed by atoms with van der Waals surface area (Å²) < 4.78 is 6.37. The largest absolute Gasteiger partial charge is 0.465 e. The summed E-state index contributed by atoms with van der Waals surface area (Å²) in [6.07, 6.45) is 1.49. The number of hydrogen-bond donors (Lipinski definition) is 1. The van der Waals surface area contributed by atoms with Crippen LogP contribution in [0.25, 0.3) is 11.2 Å². The minimum Gasteiger partial charge on any atom is -0.465 e. The van der Waals surface area contributed by atoms with Gasteiger partial charge in [-0.25, -0.2) is 19.4 Å². The third-order valence-corrected chi connectivity index (χ3v) is 4.71. The number of nitrogens with one attached hydrogen (secondary N) is 1.